The van der Waals surface area contributed by atoms with E-state index in [9.17, 15) is 4.79 Å². The SMILES string of the molecule is Cc1cc(C(=O)Nc2ccccc2Cc2cccnc2)on1. The van der Waals surface area contributed by atoms with Crippen LogP contribution in [0.5, 0.6) is 0 Å². The second kappa shape index (κ2) is 6.22. The van der Waals surface area contributed by atoms with Crippen LogP contribution in [0.4, 0.5) is 5.69 Å². The van der Waals surface area contributed by atoms with Gasteiger partial charge in [-0.25, -0.2) is 0 Å². The maximum absolute atomic E-state index is 12.2. The summed E-state index contributed by atoms with van der Waals surface area (Å²) in [7, 11) is 0. The van der Waals surface area contributed by atoms with Gasteiger partial charge < -0.3 is 9.84 Å². The van der Waals surface area contributed by atoms with Crippen molar-refractivity contribution in [3.05, 3.63) is 77.4 Å². The Labute approximate surface area is 128 Å². The largest absolute Gasteiger partial charge is 0.351 e. The number of pyridine rings is 1. The van der Waals surface area contributed by atoms with Gasteiger partial charge in [-0.05, 0) is 30.2 Å². The average molecular weight is 293 g/mol. The third kappa shape index (κ3) is 3.20. The van der Waals surface area contributed by atoms with Gasteiger partial charge in [0.2, 0.25) is 5.76 Å². The normalized spacial score (nSPS) is 10.4. The number of anilines is 1. The molecule has 0 bridgehead atoms. The molecule has 0 radical (unpaired) electrons. The first-order chi connectivity index (χ1) is 10.7. The summed E-state index contributed by atoms with van der Waals surface area (Å²) in [4.78, 5) is 16.3. The van der Waals surface area contributed by atoms with Crippen LogP contribution < -0.4 is 5.32 Å². The second-order valence-electron chi connectivity index (χ2n) is 4.98. The average Bonchev–Trinajstić information content (AvgIpc) is 2.97. The molecule has 3 rings (SSSR count). The van der Waals surface area contributed by atoms with E-state index in [2.05, 4.69) is 15.5 Å². The fourth-order valence-corrected chi connectivity index (χ4v) is 2.17. The lowest BCUT2D eigenvalue weighted by Gasteiger charge is -2.10. The van der Waals surface area contributed by atoms with Crippen LogP contribution in [-0.2, 0) is 6.42 Å². The highest BCUT2D eigenvalue weighted by molar-refractivity contribution is 6.02. The van der Waals surface area contributed by atoms with Crippen molar-refractivity contribution in [1.29, 1.82) is 0 Å². The van der Waals surface area contributed by atoms with Crippen LogP contribution >= 0.6 is 0 Å². The van der Waals surface area contributed by atoms with Crippen LogP contribution in [0.1, 0.15) is 27.4 Å². The number of nitrogens with zero attached hydrogens (tertiary/aromatic N) is 2. The number of carbonyl (C=O) groups is 1. The molecule has 0 saturated heterocycles. The van der Waals surface area contributed by atoms with Gasteiger partial charge >= 0.3 is 0 Å². The zero-order chi connectivity index (χ0) is 15.4. The van der Waals surface area contributed by atoms with E-state index in [0.29, 0.717) is 12.1 Å². The molecule has 0 aliphatic rings. The number of hydrogen-bond acceptors (Lipinski definition) is 4. The van der Waals surface area contributed by atoms with Gasteiger partial charge in [-0.3, -0.25) is 9.78 Å². The molecule has 5 nitrogen and oxygen atoms in total. The molecular weight excluding hydrogens is 278 g/mol. The van der Waals surface area contributed by atoms with Gasteiger partial charge in [-0.1, -0.05) is 29.4 Å². The zero-order valence-electron chi connectivity index (χ0n) is 12.1. The molecule has 0 aliphatic carbocycles. The van der Waals surface area contributed by atoms with E-state index < -0.39 is 0 Å². The summed E-state index contributed by atoms with van der Waals surface area (Å²) >= 11 is 0. The van der Waals surface area contributed by atoms with E-state index in [0.717, 1.165) is 16.8 Å². The second-order valence-corrected chi connectivity index (χ2v) is 4.98. The molecule has 0 saturated carbocycles. The van der Waals surface area contributed by atoms with E-state index in [1.54, 1.807) is 19.2 Å². The van der Waals surface area contributed by atoms with Crippen LogP contribution in [0.3, 0.4) is 0 Å². The molecule has 2 aromatic heterocycles. The summed E-state index contributed by atoms with van der Waals surface area (Å²) in [6, 6.07) is 13.2. The van der Waals surface area contributed by atoms with E-state index in [1.807, 2.05) is 42.6 Å². The summed E-state index contributed by atoms with van der Waals surface area (Å²) in [5.74, 6) is -0.104. The maximum Gasteiger partial charge on any atom is 0.294 e. The molecule has 110 valence electrons. The minimum Gasteiger partial charge on any atom is -0.351 e. The minimum atomic E-state index is -0.306. The van der Waals surface area contributed by atoms with Crippen LogP contribution in [0.25, 0.3) is 0 Å². The summed E-state index contributed by atoms with van der Waals surface area (Å²) in [6.45, 7) is 1.77. The molecule has 1 aromatic carbocycles. The number of benzene rings is 1. The highest BCUT2D eigenvalue weighted by atomic mass is 16.5. The van der Waals surface area contributed by atoms with Crippen LogP contribution in [-0.4, -0.2) is 16.0 Å². The Kier molecular flexibility index (Phi) is 3.96. The zero-order valence-corrected chi connectivity index (χ0v) is 12.1. The van der Waals surface area contributed by atoms with Crippen molar-refractivity contribution in [2.45, 2.75) is 13.3 Å². The number of carbonyl (C=O) groups excluding carboxylic acids is 1. The number of hydrogen-bond donors (Lipinski definition) is 1. The smallest absolute Gasteiger partial charge is 0.294 e. The fourth-order valence-electron chi connectivity index (χ4n) is 2.17. The van der Waals surface area contributed by atoms with Gasteiger partial charge in [0.15, 0.2) is 0 Å². The Hall–Kier alpha value is -2.95. The Balaban J connectivity index is 1.81. The van der Waals surface area contributed by atoms with Gasteiger partial charge in [0, 0.05) is 30.6 Å². The van der Waals surface area contributed by atoms with Crippen LogP contribution in [0, 0.1) is 6.92 Å². The van der Waals surface area contributed by atoms with E-state index in [1.165, 1.54) is 0 Å². The van der Waals surface area contributed by atoms with Gasteiger partial charge in [0.1, 0.15) is 0 Å². The predicted molar refractivity (Wildman–Crippen MR) is 82.7 cm³/mol. The predicted octanol–water partition coefficient (Wildman–Crippen LogP) is 3.22. The summed E-state index contributed by atoms with van der Waals surface area (Å²) in [5, 5.41) is 6.59. The lowest BCUT2D eigenvalue weighted by Crippen LogP contribution is -2.12. The van der Waals surface area contributed by atoms with Crippen molar-refractivity contribution in [3.63, 3.8) is 0 Å². The molecule has 0 unspecified atom stereocenters. The number of amides is 1. The number of aryl methyl sites for hydroxylation is 1. The molecule has 0 fully saturated rings. The number of aromatic nitrogens is 2. The summed E-state index contributed by atoms with van der Waals surface area (Å²) < 4.78 is 4.98. The maximum atomic E-state index is 12.2. The molecule has 1 N–H and O–H groups in total. The minimum absolute atomic E-state index is 0.202. The number of nitrogens with one attached hydrogen (secondary N) is 1. The molecule has 0 aliphatic heterocycles. The van der Waals surface area contributed by atoms with Gasteiger partial charge in [-0.15, -0.1) is 0 Å². The van der Waals surface area contributed by atoms with Gasteiger partial charge in [-0.2, -0.15) is 0 Å². The Morgan fingerprint density at radius 3 is 2.82 bits per heavy atom. The monoisotopic (exact) mass is 293 g/mol. The number of para-hydroxylation sites is 1. The van der Waals surface area contributed by atoms with Crippen molar-refractivity contribution in [3.8, 4) is 0 Å². The fraction of sp³-hybridized carbons (Fsp3) is 0.118. The van der Waals surface area contributed by atoms with Crippen LogP contribution in [0.15, 0.2) is 59.4 Å². The third-order valence-electron chi connectivity index (χ3n) is 3.23. The molecule has 3 aromatic rings. The topological polar surface area (TPSA) is 68.0 Å². The Bertz CT molecular complexity index is 781. The standard InChI is InChI=1S/C17H15N3O2/c1-12-9-16(22-20-12)17(21)19-15-7-3-2-6-14(15)10-13-5-4-8-18-11-13/h2-9,11H,10H2,1H3,(H,19,21). The molecule has 5 heteroatoms. The van der Waals surface area contributed by atoms with Crippen LogP contribution in [0.2, 0.25) is 0 Å². The van der Waals surface area contributed by atoms with E-state index in [4.69, 9.17) is 4.52 Å². The lowest BCUT2D eigenvalue weighted by atomic mass is 10.0. The van der Waals surface area contributed by atoms with E-state index >= 15 is 0 Å². The quantitative estimate of drug-likeness (QED) is 0.802. The first-order valence-electron chi connectivity index (χ1n) is 6.94. The molecule has 2 heterocycles. The summed E-state index contributed by atoms with van der Waals surface area (Å²) in [6.07, 6.45) is 4.25. The van der Waals surface area contributed by atoms with Crippen molar-refractivity contribution in [1.82, 2.24) is 10.1 Å². The highest BCUT2D eigenvalue weighted by Gasteiger charge is 2.13. The first kappa shape index (κ1) is 14.0. The highest BCUT2D eigenvalue weighted by Crippen LogP contribution is 2.19. The molecule has 22 heavy (non-hydrogen) atoms. The molecule has 0 atom stereocenters. The molecular formula is C17H15N3O2. The third-order valence-corrected chi connectivity index (χ3v) is 3.23. The van der Waals surface area contributed by atoms with Crippen molar-refractivity contribution in [2.24, 2.45) is 0 Å². The van der Waals surface area contributed by atoms with Crippen molar-refractivity contribution >= 4 is 11.6 Å². The van der Waals surface area contributed by atoms with Gasteiger partial charge in [0.25, 0.3) is 5.91 Å². The number of rotatable bonds is 4. The van der Waals surface area contributed by atoms with Crippen molar-refractivity contribution < 1.29 is 9.32 Å². The first-order valence-corrected chi connectivity index (χ1v) is 6.94. The Morgan fingerprint density at radius 2 is 2.09 bits per heavy atom. The molecule has 1 amide bonds. The van der Waals surface area contributed by atoms with E-state index in [-0.39, 0.29) is 11.7 Å². The Morgan fingerprint density at radius 1 is 1.23 bits per heavy atom. The lowest BCUT2D eigenvalue weighted by molar-refractivity contribution is 0.0988. The van der Waals surface area contributed by atoms with Crippen molar-refractivity contribution in [2.75, 3.05) is 5.32 Å². The van der Waals surface area contributed by atoms with Gasteiger partial charge in [0.05, 0.1) is 5.69 Å². The summed E-state index contributed by atoms with van der Waals surface area (Å²) in [5.41, 5.74) is 3.53. The molecule has 0 spiro atoms.